The molecule has 0 saturated carbocycles. The Morgan fingerprint density at radius 2 is 2.13 bits per heavy atom. The Hall–Kier alpha value is -2.63. The third-order valence-corrected chi connectivity index (χ3v) is 3.28. The molecule has 1 N–H and O–H groups in total. The number of carbonyl (C=O) groups excluding carboxylic acids is 1. The van der Waals surface area contributed by atoms with Crippen LogP contribution in [0.1, 0.15) is 5.56 Å². The topological polar surface area (TPSA) is 54.5 Å². The molecule has 2 amide bonds. The second-order valence-corrected chi connectivity index (χ2v) is 5.04. The fourth-order valence-electron chi connectivity index (χ4n) is 1.95. The molecule has 0 spiro atoms. The molecule has 0 saturated heterocycles. The molecule has 1 heterocycles. The van der Waals surface area contributed by atoms with Crippen LogP contribution in [0.25, 0.3) is 0 Å². The van der Waals surface area contributed by atoms with Gasteiger partial charge >= 0.3 is 6.03 Å². The number of benzene rings is 1. The lowest BCUT2D eigenvalue weighted by Gasteiger charge is -2.18. The molecule has 5 nitrogen and oxygen atoms in total. The van der Waals surface area contributed by atoms with Gasteiger partial charge in [-0.1, -0.05) is 18.2 Å². The first-order chi connectivity index (χ1) is 11.2. The van der Waals surface area contributed by atoms with E-state index < -0.39 is 5.82 Å². The summed E-state index contributed by atoms with van der Waals surface area (Å²) >= 11 is 0. The standard InChI is InChI=1S/C17H20FN3O2/c1-21(11-12-23-16-7-3-2-6-15(16)18)17(22)20-10-8-14-5-4-9-19-13-14/h2-7,9,13H,8,10-12H2,1H3,(H,20,22). The molecule has 1 aromatic heterocycles. The van der Waals surface area contributed by atoms with Gasteiger partial charge in [-0.15, -0.1) is 0 Å². The molecule has 122 valence electrons. The van der Waals surface area contributed by atoms with Gasteiger partial charge in [0.25, 0.3) is 0 Å². The Morgan fingerprint density at radius 3 is 2.87 bits per heavy atom. The molecule has 0 atom stereocenters. The smallest absolute Gasteiger partial charge is 0.317 e. The van der Waals surface area contributed by atoms with Gasteiger partial charge in [0.05, 0.1) is 6.54 Å². The highest BCUT2D eigenvalue weighted by Crippen LogP contribution is 2.14. The number of likely N-dealkylation sites (N-methyl/N-ethyl adjacent to an activating group) is 1. The molecule has 1 aromatic carbocycles. The van der Waals surface area contributed by atoms with E-state index in [1.807, 2.05) is 12.1 Å². The van der Waals surface area contributed by atoms with Crippen LogP contribution in [0.4, 0.5) is 9.18 Å². The minimum absolute atomic E-state index is 0.189. The van der Waals surface area contributed by atoms with Crippen LogP contribution in [0.2, 0.25) is 0 Å². The van der Waals surface area contributed by atoms with Gasteiger partial charge in [-0.05, 0) is 30.2 Å². The quantitative estimate of drug-likeness (QED) is 0.853. The number of halogens is 1. The van der Waals surface area contributed by atoms with Crippen molar-refractivity contribution >= 4 is 6.03 Å². The molecule has 0 aliphatic rings. The van der Waals surface area contributed by atoms with E-state index >= 15 is 0 Å². The Labute approximate surface area is 135 Å². The van der Waals surface area contributed by atoms with Crippen LogP contribution in [0.3, 0.4) is 0 Å². The zero-order valence-corrected chi connectivity index (χ0v) is 13.0. The predicted octanol–water partition coefficient (Wildman–Crippen LogP) is 2.48. The average Bonchev–Trinajstić information content (AvgIpc) is 2.57. The summed E-state index contributed by atoms with van der Waals surface area (Å²) in [5.41, 5.74) is 1.07. The van der Waals surface area contributed by atoms with Crippen LogP contribution >= 0.6 is 0 Å². The Bertz CT molecular complexity index is 622. The van der Waals surface area contributed by atoms with Crippen molar-refractivity contribution in [3.05, 3.63) is 60.2 Å². The first-order valence-electron chi connectivity index (χ1n) is 7.42. The van der Waals surface area contributed by atoms with Crippen molar-refractivity contribution in [2.75, 3.05) is 26.7 Å². The molecule has 0 fully saturated rings. The Morgan fingerprint density at radius 1 is 1.30 bits per heavy atom. The van der Waals surface area contributed by atoms with E-state index in [4.69, 9.17) is 4.74 Å². The van der Waals surface area contributed by atoms with Gasteiger partial charge in [-0.2, -0.15) is 0 Å². The lowest BCUT2D eigenvalue weighted by molar-refractivity contribution is 0.194. The summed E-state index contributed by atoms with van der Waals surface area (Å²) in [6.45, 7) is 1.13. The van der Waals surface area contributed by atoms with Crippen LogP contribution < -0.4 is 10.1 Å². The van der Waals surface area contributed by atoms with Gasteiger partial charge in [0.2, 0.25) is 0 Å². The van der Waals surface area contributed by atoms with Crippen molar-refractivity contribution in [3.63, 3.8) is 0 Å². The molecule has 0 bridgehead atoms. The minimum atomic E-state index is -0.406. The fraction of sp³-hybridized carbons (Fsp3) is 0.294. The molecule has 2 rings (SSSR count). The third-order valence-electron chi connectivity index (χ3n) is 3.28. The van der Waals surface area contributed by atoms with Crippen LogP contribution in [-0.4, -0.2) is 42.7 Å². The second-order valence-electron chi connectivity index (χ2n) is 5.04. The lowest BCUT2D eigenvalue weighted by atomic mass is 10.2. The second kappa shape index (κ2) is 8.73. The van der Waals surface area contributed by atoms with Crippen molar-refractivity contribution in [1.29, 1.82) is 0 Å². The van der Waals surface area contributed by atoms with E-state index in [0.29, 0.717) is 13.1 Å². The molecular formula is C17H20FN3O2. The Balaban J connectivity index is 1.66. The molecule has 0 aliphatic heterocycles. The molecule has 0 aliphatic carbocycles. The zero-order chi connectivity index (χ0) is 16.5. The van der Waals surface area contributed by atoms with E-state index in [9.17, 15) is 9.18 Å². The highest BCUT2D eigenvalue weighted by molar-refractivity contribution is 5.73. The SMILES string of the molecule is CN(CCOc1ccccc1F)C(=O)NCCc1cccnc1. The number of pyridine rings is 1. The van der Waals surface area contributed by atoms with Crippen molar-refractivity contribution < 1.29 is 13.9 Å². The van der Waals surface area contributed by atoms with E-state index in [1.165, 1.54) is 11.0 Å². The normalized spacial score (nSPS) is 10.2. The number of hydrogen-bond acceptors (Lipinski definition) is 3. The molecule has 23 heavy (non-hydrogen) atoms. The molecular weight excluding hydrogens is 297 g/mol. The number of para-hydroxylation sites is 1. The van der Waals surface area contributed by atoms with Crippen molar-refractivity contribution in [2.24, 2.45) is 0 Å². The number of nitrogens with zero attached hydrogens (tertiary/aromatic N) is 2. The third kappa shape index (κ3) is 5.58. The molecule has 0 unspecified atom stereocenters. The van der Waals surface area contributed by atoms with Crippen molar-refractivity contribution in [3.8, 4) is 5.75 Å². The van der Waals surface area contributed by atoms with Crippen LogP contribution in [-0.2, 0) is 6.42 Å². The first-order valence-corrected chi connectivity index (χ1v) is 7.42. The zero-order valence-electron chi connectivity index (χ0n) is 13.0. The summed E-state index contributed by atoms with van der Waals surface area (Å²) in [5.74, 6) is -0.214. The summed E-state index contributed by atoms with van der Waals surface area (Å²) in [5, 5.41) is 2.82. The van der Waals surface area contributed by atoms with Gasteiger partial charge in [0.1, 0.15) is 6.61 Å². The number of carbonyl (C=O) groups is 1. The van der Waals surface area contributed by atoms with Gasteiger partial charge in [0.15, 0.2) is 11.6 Å². The summed E-state index contributed by atoms with van der Waals surface area (Å²) in [7, 11) is 1.67. The average molecular weight is 317 g/mol. The highest BCUT2D eigenvalue weighted by Gasteiger charge is 2.08. The van der Waals surface area contributed by atoms with E-state index in [1.54, 1.807) is 37.6 Å². The summed E-state index contributed by atoms with van der Waals surface area (Å²) in [6, 6.07) is 9.84. The van der Waals surface area contributed by atoms with Crippen LogP contribution in [0.15, 0.2) is 48.8 Å². The molecule has 0 radical (unpaired) electrons. The largest absolute Gasteiger partial charge is 0.489 e. The number of rotatable bonds is 7. The number of amides is 2. The molecule has 6 heteroatoms. The number of nitrogens with one attached hydrogen (secondary N) is 1. The first kappa shape index (κ1) is 16.7. The lowest BCUT2D eigenvalue weighted by Crippen LogP contribution is -2.40. The van der Waals surface area contributed by atoms with Gasteiger partial charge in [-0.3, -0.25) is 4.98 Å². The van der Waals surface area contributed by atoms with Crippen LogP contribution in [0, 0.1) is 5.82 Å². The maximum absolute atomic E-state index is 13.4. The van der Waals surface area contributed by atoms with Gasteiger partial charge in [-0.25, -0.2) is 9.18 Å². The number of hydrogen-bond donors (Lipinski definition) is 1. The highest BCUT2D eigenvalue weighted by atomic mass is 19.1. The number of aromatic nitrogens is 1. The predicted molar refractivity (Wildman–Crippen MR) is 85.9 cm³/mol. The number of urea groups is 1. The van der Waals surface area contributed by atoms with E-state index in [0.717, 1.165) is 12.0 Å². The fourth-order valence-corrected chi connectivity index (χ4v) is 1.95. The van der Waals surface area contributed by atoms with Crippen LogP contribution in [0.5, 0.6) is 5.75 Å². The monoisotopic (exact) mass is 317 g/mol. The van der Waals surface area contributed by atoms with Gasteiger partial charge < -0.3 is 15.0 Å². The maximum atomic E-state index is 13.4. The van der Waals surface area contributed by atoms with E-state index in [-0.39, 0.29) is 18.4 Å². The van der Waals surface area contributed by atoms with E-state index in [2.05, 4.69) is 10.3 Å². The number of ether oxygens (including phenoxy) is 1. The molecule has 2 aromatic rings. The summed E-state index contributed by atoms with van der Waals surface area (Å²) in [4.78, 5) is 17.4. The Kier molecular flexibility index (Phi) is 6.35. The maximum Gasteiger partial charge on any atom is 0.317 e. The van der Waals surface area contributed by atoms with Gasteiger partial charge in [0, 0.05) is 26.0 Å². The summed E-state index contributed by atoms with van der Waals surface area (Å²) < 4.78 is 18.7. The van der Waals surface area contributed by atoms with Crippen molar-refractivity contribution in [2.45, 2.75) is 6.42 Å². The summed E-state index contributed by atoms with van der Waals surface area (Å²) in [6.07, 6.45) is 4.21. The minimum Gasteiger partial charge on any atom is -0.489 e. The van der Waals surface area contributed by atoms with Crippen molar-refractivity contribution in [1.82, 2.24) is 15.2 Å².